The topological polar surface area (TPSA) is 26.0 Å². The third-order valence-electron chi connectivity index (χ3n) is 3.96. The maximum atomic E-state index is 6.06. The van der Waals surface area contributed by atoms with E-state index in [1.807, 2.05) is 0 Å². The van der Waals surface area contributed by atoms with Crippen molar-refractivity contribution in [2.24, 2.45) is 17.1 Å². The van der Waals surface area contributed by atoms with Gasteiger partial charge in [-0.1, -0.05) is 45.8 Å². The first-order chi connectivity index (χ1) is 7.30. The minimum Gasteiger partial charge on any atom is -0.399 e. The quantitative estimate of drug-likeness (QED) is 0.741. The highest BCUT2D eigenvalue weighted by Crippen LogP contribution is 2.43. The monoisotopic (exact) mass is 219 g/mol. The Hall–Kier alpha value is -0.980. The zero-order valence-electron chi connectivity index (χ0n) is 11.5. The Kier molecular flexibility index (Phi) is 3.67. The second-order valence-corrected chi connectivity index (χ2v) is 5.50. The highest BCUT2D eigenvalue weighted by Gasteiger charge is 2.30. The van der Waals surface area contributed by atoms with E-state index in [0.717, 1.165) is 5.70 Å². The van der Waals surface area contributed by atoms with Gasteiger partial charge < -0.3 is 5.73 Å². The zero-order valence-corrected chi connectivity index (χ0v) is 11.5. The highest BCUT2D eigenvalue weighted by atomic mass is 14.6. The predicted octanol–water partition coefficient (Wildman–Crippen LogP) is 4.18. The molecular weight excluding hydrogens is 194 g/mol. The fraction of sp³-hybridized carbons (Fsp3) is 0.600. The second-order valence-electron chi connectivity index (χ2n) is 5.50. The molecule has 1 aliphatic carbocycles. The average Bonchev–Trinajstić information content (AvgIpc) is 2.22. The first-order valence-electron chi connectivity index (χ1n) is 6.18. The van der Waals surface area contributed by atoms with Gasteiger partial charge in [0.1, 0.15) is 0 Å². The molecule has 16 heavy (non-hydrogen) atoms. The van der Waals surface area contributed by atoms with Crippen molar-refractivity contribution in [1.29, 1.82) is 0 Å². The molecule has 0 spiro atoms. The Balaban J connectivity index is 3.26. The molecule has 0 aromatic heterocycles. The smallest absolute Gasteiger partial charge is 0.0346 e. The Morgan fingerprint density at radius 3 is 2.44 bits per heavy atom. The molecule has 1 unspecified atom stereocenters. The van der Waals surface area contributed by atoms with E-state index < -0.39 is 0 Å². The molecule has 90 valence electrons. The van der Waals surface area contributed by atoms with E-state index in [2.05, 4.69) is 53.7 Å². The Morgan fingerprint density at radius 1 is 1.38 bits per heavy atom. The average molecular weight is 219 g/mol. The molecule has 2 N–H and O–H groups in total. The van der Waals surface area contributed by atoms with Gasteiger partial charge in [0, 0.05) is 11.1 Å². The van der Waals surface area contributed by atoms with Gasteiger partial charge in [0.15, 0.2) is 0 Å². The van der Waals surface area contributed by atoms with Crippen molar-refractivity contribution in [2.75, 3.05) is 0 Å². The molecule has 0 aliphatic heterocycles. The molecule has 1 atom stereocenters. The summed E-state index contributed by atoms with van der Waals surface area (Å²) in [6, 6.07) is 0. The van der Waals surface area contributed by atoms with E-state index in [4.69, 9.17) is 5.73 Å². The third-order valence-corrected chi connectivity index (χ3v) is 3.96. The predicted molar refractivity (Wildman–Crippen MR) is 72.0 cm³/mol. The molecule has 0 saturated heterocycles. The minimum atomic E-state index is 0.121. The van der Waals surface area contributed by atoms with E-state index in [1.165, 1.54) is 23.1 Å². The van der Waals surface area contributed by atoms with Crippen molar-refractivity contribution < 1.29 is 0 Å². The number of hydrogen-bond acceptors (Lipinski definition) is 1. The summed E-state index contributed by atoms with van der Waals surface area (Å²) in [6.45, 7) is 13.4. The molecule has 1 heteroatoms. The summed E-state index contributed by atoms with van der Waals surface area (Å²) in [5.41, 5.74) is 11.1. The minimum absolute atomic E-state index is 0.121. The van der Waals surface area contributed by atoms with Gasteiger partial charge in [0.2, 0.25) is 0 Å². The van der Waals surface area contributed by atoms with Crippen LogP contribution in [-0.4, -0.2) is 0 Å². The van der Waals surface area contributed by atoms with Crippen LogP contribution in [0.25, 0.3) is 0 Å². The van der Waals surface area contributed by atoms with Crippen molar-refractivity contribution in [3.63, 3.8) is 0 Å². The van der Waals surface area contributed by atoms with Crippen molar-refractivity contribution in [3.05, 3.63) is 34.6 Å². The van der Waals surface area contributed by atoms with Gasteiger partial charge in [-0.3, -0.25) is 0 Å². The summed E-state index contributed by atoms with van der Waals surface area (Å²) >= 11 is 0. The van der Waals surface area contributed by atoms with Crippen LogP contribution in [-0.2, 0) is 0 Å². The molecule has 0 radical (unpaired) electrons. The summed E-state index contributed by atoms with van der Waals surface area (Å²) in [7, 11) is 0. The normalized spacial score (nSPS) is 24.6. The standard InChI is InChI=1S/C15H25N/c1-7-10(2)8-13-12(4)14(16)9-11(3)15(13,5)6/h8-10H,7,16H2,1-6H3/b13-8+. The number of allylic oxidation sites excluding steroid dienone is 5. The lowest BCUT2D eigenvalue weighted by atomic mass is 9.70. The van der Waals surface area contributed by atoms with Gasteiger partial charge in [-0.05, 0) is 37.0 Å². The van der Waals surface area contributed by atoms with Gasteiger partial charge >= 0.3 is 0 Å². The van der Waals surface area contributed by atoms with Crippen LogP contribution >= 0.6 is 0 Å². The summed E-state index contributed by atoms with van der Waals surface area (Å²) in [6.07, 6.45) is 5.68. The molecule has 0 bridgehead atoms. The first-order valence-corrected chi connectivity index (χ1v) is 6.18. The van der Waals surface area contributed by atoms with Crippen molar-refractivity contribution in [2.45, 2.75) is 48.0 Å². The highest BCUT2D eigenvalue weighted by molar-refractivity contribution is 5.50. The largest absolute Gasteiger partial charge is 0.399 e. The Bertz CT molecular complexity index is 367. The summed E-state index contributed by atoms with van der Waals surface area (Å²) < 4.78 is 0. The summed E-state index contributed by atoms with van der Waals surface area (Å²) in [5, 5.41) is 0. The fourth-order valence-electron chi connectivity index (χ4n) is 2.09. The summed E-state index contributed by atoms with van der Waals surface area (Å²) in [5.74, 6) is 0.614. The van der Waals surface area contributed by atoms with Gasteiger partial charge in [0.05, 0.1) is 0 Å². The Labute approximate surface area is 100 Å². The second kappa shape index (κ2) is 4.48. The van der Waals surface area contributed by atoms with Crippen molar-refractivity contribution in [3.8, 4) is 0 Å². The van der Waals surface area contributed by atoms with Crippen molar-refractivity contribution >= 4 is 0 Å². The van der Waals surface area contributed by atoms with Crippen LogP contribution < -0.4 is 5.73 Å². The SMILES string of the molecule is CCC(C)/C=C1\C(C)=C(N)C=C(C)C1(C)C. The van der Waals surface area contributed by atoms with Gasteiger partial charge in [0.25, 0.3) is 0 Å². The molecule has 0 aromatic carbocycles. The van der Waals surface area contributed by atoms with Crippen LogP contribution in [0.15, 0.2) is 34.6 Å². The fourth-order valence-corrected chi connectivity index (χ4v) is 2.09. The maximum Gasteiger partial charge on any atom is 0.0346 e. The number of nitrogens with two attached hydrogens (primary N) is 1. The maximum absolute atomic E-state index is 6.06. The van der Waals surface area contributed by atoms with E-state index in [9.17, 15) is 0 Å². The van der Waals surface area contributed by atoms with E-state index in [-0.39, 0.29) is 5.41 Å². The lowest BCUT2D eigenvalue weighted by Crippen LogP contribution is -2.24. The van der Waals surface area contributed by atoms with Gasteiger partial charge in [-0.15, -0.1) is 0 Å². The Morgan fingerprint density at radius 2 is 1.94 bits per heavy atom. The zero-order chi connectivity index (χ0) is 12.5. The van der Waals surface area contributed by atoms with Crippen molar-refractivity contribution in [1.82, 2.24) is 0 Å². The van der Waals surface area contributed by atoms with Crippen LogP contribution in [0.1, 0.15) is 48.0 Å². The van der Waals surface area contributed by atoms with Crippen LogP contribution in [0, 0.1) is 11.3 Å². The molecule has 1 rings (SSSR count). The van der Waals surface area contributed by atoms with Gasteiger partial charge in [-0.25, -0.2) is 0 Å². The molecule has 0 amide bonds. The molecular formula is C15H25N. The van der Waals surface area contributed by atoms with Crippen LogP contribution in [0.4, 0.5) is 0 Å². The molecule has 0 heterocycles. The van der Waals surface area contributed by atoms with Crippen LogP contribution in [0.2, 0.25) is 0 Å². The molecule has 0 saturated carbocycles. The number of hydrogen-bond donors (Lipinski definition) is 1. The lowest BCUT2D eigenvalue weighted by molar-refractivity contribution is 0.525. The number of rotatable bonds is 2. The third kappa shape index (κ3) is 2.23. The lowest BCUT2D eigenvalue weighted by Gasteiger charge is -2.35. The van der Waals surface area contributed by atoms with Crippen LogP contribution in [0.5, 0.6) is 0 Å². The molecule has 0 fully saturated rings. The van der Waals surface area contributed by atoms with Crippen LogP contribution in [0.3, 0.4) is 0 Å². The summed E-state index contributed by atoms with van der Waals surface area (Å²) in [4.78, 5) is 0. The first kappa shape index (κ1) is 13.1. The van der Waals surface area contributed by atoms with E-state index >= 15 is 0 Å². The van der Waals surface area contributed by atoms with Gasteiger partial charge in [-0.2, -0.15) is 0 Å². The molecule has 1 nitrogen and oxygen atoms in total. The molecule has 0 aromatic rings. The van der Waals surface area contributed by atoms with E-state index in [0.29, 0.717) is 5.92 Å². The van der Waals surface area contributed by atoms with E-state index in [1.54, 1.807) is 0 Å². The molecule has 1 aliphatic rings.